The molecule has 0 aromatic carbocycles. The molecule has 23 heavy (non-hydrogen) atoms. The lowest BCUT2D eigenvalue weighted by atomic mass is 10.1. The fourth-order valence-electron chi connectivity index (χ4n) is 2.13. The third-order valence-electron chi connectivity index (χ3n) is 3.60. The molecule has 3 atom stereocenters. The Labute approximate surface area is 142 Å². The van der Waals surface area contributed by atoms with Gasteiger partial charge in [0.15, 0.2) is 6.29 Å². The third kappa shape index (κ3) is 10.8. The van der Waals surface area contributed by atoms with E-state index in [0.29, 0.717) is 26.4 Å². The molecule has 0 rings (SSSR count). The minimum Gasteiger partial charge on any atom is -0.382 e. The molecule has 0 bridgehead atoms. The maximum absolute atomic E-state index is 11.5. The molecule has 0 amide bonds. The fraction of sp³-hybridized carbons (Fsp3) is 0.944. The zero-order valence-corrected chi connectivity index (χ0v) is 15.4. The van der Waals surface area contributed by atoms with Gasteiger partial charge < -0.3 is 23.7 Å². The molecule has 0 aliphatic carbocycles. The van der Waals surface area contributed by atoms with Gasteiger partial charge in [0.1, 0.15) is 18.3 Å². The van der Waals surface area contributed by atoms with Gasteiger partial charge in [0, 0.05) is 26.9 Å². The van der Waals surface area contributed by atoms with Crippen molar-refractivity contribution in [2.75, 3.05) is 33.5 Å². The minimum atomic E-state index is -0.611. The smallest absolute Gasteiger partial charge is 0.151 e. The lowest BCUT2D eigenvalue weighted by Crippen LogP contribution is -2.46. The van der Waals surface area contributed by atoms with Crippen molar-refractivity contribution in [3.05, 3.63) is 0 Å². The van der Waals surface area contributed by atoms with Crippen LogP contribution in [0.25, 0.3) is 0 Å². The molecule has 0 aromatic heterocycles. The van der Waals surface area contributed by atoms with Crippen LogP contribution in [0.5, 0.6) is 0 Å². The Kier molecular flexibility index (Phi) is 16.0. The second-order valence-corrected chi connectivity index (χ2v) is 5.73. The van der Waals surface area contributed by atoms with E-state index in [4.69, 9.17) is 18.9 Å². The van der Waals surface area contributed by atoms with Crippen LogP contribution < -0.4 is 0 Å². The Hall–Kier alpha value is -0.490. The van der Waals surface area contributed by atoms with Crippen LogP contribution in [0.1, 0.15) is 59.3 Å². The van der Waals surface area contributed by atoms with Gasteiger partial charge in [-0.1, -0.05) is 40.0 Å². The van der Waals surface area contributed by atoms with Gasteiger partial charge in [-0.25, -0.2) is 0 Å². The Morgan fingerprint density at radius 1 is 0.826 bits per heavy atom. The maximum Gasteiger partial charge on any atom is 0.151 e. The van der Waals surface area contributed by atoms with Gasteiger partial charge in [-0.2, -0.15) is 0 Å². The molecule has 5 nitrogen and oxygen atoms in total. The predicted molar refractivity (Wildman–Crippen MR) is 91.9 cm³/mol. The van der Waals surface area contributed by atoms with E-state index in [9.17, 15) is 4.79 Å². The quantitative estimate of drug-likeness (QED) is 0.302. The van der Waals surface area contributed by atoms with Gasteiger partial charge in [-0.3, -0.25) is 0 Å². The van der Waals surface area contributed by atoms with Crippen LogP contribution in [0.15, 0.2) is 0 Å². The fourth-order valence-corrected chi connectivity index (χ4v) is 2.13. The standard InChI is InChI=1S/C18H36O5/c1-5-8-11-21-16(14-19)18(23-13-10-7-3)17(15-20-4)22-12-9-6-2/h14,16-18H,5-13,15H2,1-4H3/t16-,17+,18+/m0/s1. The molecule has 0 aliphatic rings. The van der Waals surface area contributed by atoms with Crippen molar-refractivity contribution in [1.82, 2.24) is 0 Å². The number of rotatable bonds is 17. The summed E-state index contributed by atoms with van der Waals surface area (Å²) in [7, 11) is 1.63. The first kappa shape index (κ1) is 22.5. The van der Waals surface area contributed by atoms with E-state index in [2.05, 4.69) is 20.8 Å². The minimum absolute atomic E-state index is 0.291. The number of aldehydes is 1. The average Bonchev–Trinajstić information content (AvgIpc) is 2.56. The summed E-state index contributed by atoms with van der Waals surface area (Å²) >= 11 is 0. The lowest BCUT2D eigenvalue weighted by Gasteiger charge is -2.31. The summed E-state index contributed by atoms with van der Waals surface area (Å²) in [5.74, 6) is 0. The van der Waals surface area contributed by atoms with Gasteiger partial charge in [0.25, 0.3) is 0 Å². The van der Waals surface area contributed by atoms with E-state index in [1.54, 1.807) is 7.11 Å². The molecule has 138 valence electrons. The zero-order valence-electron chi connectivity index (χ0n) is 15.4. The Morgan fingerprint density at radius 2 is 1.35 bits per heavy atom. The first-order valence-corrected chi connectivity index (χ1v) is 9.04. The van der Waals surface area contributed by atoms with E-state index in [0.717, 1.165) is 44.8 Å². The molecule has 0 spiro atoms. The highest BCUT2D eigenvalue weighted by molar-refractivity contribution is 5.57. The Bertz CT molecular complexity index is 260. The SMILES string of the molecule is CCCCO[C@H]([C@H](C=O)OCCCC)[C@@H](COC)OCCCC. The summed E-state index contributed by atoms with van der Waals surface area (Å²) in [6, 6.07) is 0. The van der Waals surface area contributed by atoms with Gasteiger partial charge in [-0.15, -0.1) is 0 Å². The summed E-state index contributed by atoms with van der Waals surface area (Å²) < 4.78 is 22.9. The van der Waals surface area contributed by atoms with Crippen LogP contribution in [-0.2, 0) is 23.7 Å². The number of carbonyl (C=O) groups excluding carboxylic acids is 1. The van der Waals surface area contributed by atoms with Crippen molar-refractivity contribution in [2.45, 2.75) is 77.6 Å². The molecule has 0 unspecified atom stereocenters. The summed E-state index contributed by atoms with van der Waals surface area (Å²) in [5, 5.41) is 0. The molecule has 0 heterocycles. The summed E-state index contributed by atoms with van der Waals surface area (Å²) in [6.07, 6.45) is 5.49. The normalized spacial score (nSPS) is 15.3. The second-order valence-electron chi connectivity index (χ2n) is 5.73. The highest BCUT2D eigenvalue weighted by Crippen LogP contribution is 2.14. The maximum atomic E-state index is 11.5. The van der Waals surface area contributed by atoms with Gasteiger partial charge in [0.2, 0.25) is 0 Å². The zero-order chi connectivity index (χ0) is 17.3. The van der Waals surface area contributed by atoms with Crippen LogP contribution in [0.3, 0.4) is 0 Å². The van der Waals surface area contributed by atoms with Gasteiger partial charge >= 0.3 is 0 Å². The molecule has 0 saturated carbocycles. The van der Waals surface area contributed by atoms with Crippen molar-refractivity contribution in [1.29, 1.82) is 0 Å². The lowest BCUT2D eigenvalue weighted by molar-refractivity contribution is -0.159. The van der Waals surface area contributed by atoms with E-state index in [1.807, 2.05) is 0 Å². The van der Waals surface area contributed by atoms with Crippen LogP contribution in [0.4, 0.5) is 0 Å². The van der Waals surface area contributed by atoms with Crippen molar-refractivity contribution < 1.29 is 23.7 Å². The topological polar surface area (TPSA) is 54.0 Å². The van der Waals surface area contributed by atoms with Crippen LogP contribution in [-0.4, -0.2) is 58.1 Å². The number of methoxy groups -OCH3 is 1. The summed E-state index contributed by atoms with van der Waals surface area (Å²) in [4.78, 5) is 11.5. The Balaban J connectivity index is 4.80. The van der Waals surface area contributed by atoms with Gasteiger partial charge in [-0.05, 0) is 19.3 Å². The second kappa shape index (κ2) is 16.4. The van der Waals surface area contributed by atoms with Crippen molar-refractivity contribution in [3.63, 3.8) is 0 Å². The van der Waals surface area contributed by atoms with Crippen LogP contribution >= 0.6 is 0 Å². The van der Waals surface area contributed by atoms with Gasteiger partial charge in [0.05, 0.1) is 6.61 Å². The van der Waals surface area contributed by atoms with E-state index < -0.39 is 12.2 Å². The monoisotopic (exact) mass is 332 g/mol. The number of ether oxygens (including phenoxy) is 4. The summed E-state index contributed by atoms with van der Waals surface area (Å²) in [5.41, 5.74) is 0. The first-order valence-electron chi connectivity index (χ1n) is 9.04. The number of hydrogen-bond donors (Lipinski definition) is 0. The van der Waals surface area contributed by atoms with Crippen LogP contribution in [0.2, 0.25) is 0 Å². The molecule has 0 aromatic rings. The van der Waals surface area contributed by atoms with Crippen molar-refractivity contribution >= 4 is 6.29 Å². The number of hydrogen-bond acceptors (Lipinski definition) is 5. The molecule has 0 fully saturated rings. The van der Waals surface area contributed by atoms with E-state index in [-0.39, 0.29) is 6.10 Å². The highest BCUT2D eigenvalue weighted by atomic mass is 16.6. The molecule has 0 saturated heterocycles. The summed E-state index contributed by atoms with van der Waals surface area (Å²) in [6.45, 7) is 8.50. The van der Waals surface area contributed by atoms with Crippen molar-refractivity contribution in [3.8, 4) is 0 Å². The highest BCUT2D eigenvalue weighted by Gasteiger charge is 2.32. The van der Waals surface area contributed by atoms with Crippen LogP contribution in [0, 0.1) is 0 Å². The third-order valence-corrected chi connectivity index (χ3v) is 3.60. The number of unbranched alkanes of at least 4 members (excludes halogenated alkanes) is 3. The van der Waals surface area contributed by atoms with E-state index in [1.165, 1.54) is 0 Å². The molecule has 0 aliphatic heterocycles. The average molecular weight is 332 g/mol. The van der Waals surface area contributed by atoms with E-state index >= 15 is 0 Å². The molecule has 0 N–H and O–H groups in total. The molecular weight excluding hydrogens is 296 g/mol. The largest absolute Gasteiger partial charge is 0.382 e. The van der Waals surface area contributed by atoms with Crippen molar-refractivity contribution in [2.24, 2.45) is 0 Å². The molecule has 5 heteroatoms. The molecular formula is C18H36O5. The predicted octanol–water partition coefficient (Wildman–Crippen LogP) is 3.39. The first-order chi connectivity index (χ1) is 11.2. The molecule has 0 radical (unpaired) electrons. The number of carbonyl (C=O) groups is 1. The Morgan fingerprint density at radius 3 is 1.83 bits per heavy atom.